The van der Waals surface area contributed by atoms with Crippen LogP contribution < -0.4 is 0 Å². The Kier molecular flexibility index (Phi) is 2.00. The Labute approximate surface area is 68.9 Å². The molecule has 0 aliphatic carbocycles. The summed E-state index contributed by atoms with van der Waals surface area (Å²) in [5, 5.41) is 8.98. The van der Waals surface area contributed by atoms with Crippen molar-refractivity contribution in [2.24, 2.45) is 0 Å². The third-order valence-electron chi connectivity index (χ3n) is 1.39. The Hall–Kier alpha value is -1.19. The molecule has 1 heterocycles. The highest BCUT2D eigenvalue weighted by molar-refractivity contribution is 5.26. The second-order valence-electron chi connectivity index (χ2n) is 2.74. The summed E-state index contributed by atoms with van der Waals surface area (Å²) in [4.78, 5) is 3.60. The molecule has 0 saturated carbocycles. The molecule has 12 heavy (non-hydrogen) atoms. The number of halogens is 2. The Morgan fingerprint density at radius 3 is 2.42 bits per heavy atom. The summed E-state index contributed by atoms with van der Waals surface area (Å²) < 4.78 is 25.3. The average molecular weight is 173 g/mol. The number of hydrogen-bond acceptors (Lipinski definition) is 2. The molecule has 2 nitrogen and oxygen atoms in total. The molecule has 66 valence electrons. The first-order valence-electron chi connectivity index (χ1n) is 3.45. The van der Waals surface area contributed by atoms with Crippen LogP contribution >= 0.6 is 0 Å². The van der Waals surface area contributed by atoms with Crippen molar-refractivity contribution in [3.63, 3.8) is 0 Å². The summed E-state index contributed by atoms with van der Waals surface area (Å²) in [6.45, 7) is 2.29. The fraction of sp³-hybridized carbons (Fsp3) is 0.375. The lowest BCUT2D eigenvalue weighted by atomic mass is 10.2. The first-order chi connectivity index (χ1) is 5.39. The zero-order chi connectivity index (χ0) is 9.35. The normalized spacial score (nSPS) is 11.7. The van der Waals surface area contributed by atoms with Crippen LogP contribution in [0.2, 0.25) is 0 Å². The summed E-state index contributed by atoms with van der Waals surface area (Å²) >= 11 is 0. The summed E-state index contributed by atoms with van der Waals surface area (Å²) in [6.07, 6.45) is 0. The van der Waals surface area contributed by atoms with E-state index in [1.807, 2.05) is 0 Å². The van der Waals surface area contributed by atoms with Crippen molar-refractivity contribution in [1.82, 2.24) is 4.98 Å². The van der Waals surface area contributed by atoms with E-state index in [1.165, 1.54) is 6.07 Å². The van der Waals surface area contributed by atoms with E-state index in [2.05, 4.69) is 4.98 Å². The quantitative estimate of drug-likeness (QED) is 0.706. The largest absolute Gasteiger partial charge is 0.508 e. The Morgan fingerprint density at radius 2 is 2.00 bits per heavy atom. The Morgan fingerprint density at radius 1 is 1.42 bits per heavy atom. The van der Waals surface area contributed by atoms with Gasteiger partial charge in [-0.1, -0.05) is 0 Å². The van der Waals surface area contributed by atoms with Crippen LogP contribution in [0.5, 0.6) is 5.75 Å². The first kappa shape index (κ1) is 8.90. The van der Waals surface area contributed by atoms with Gasteiger partial charge in [0.1, 0.15) is 11.4 Å². The molecular weight excluding hydrogens is 164 g/mol. The third-order valence-corrected chi connectivity index (χ3v) is 1.39. The Balaban J connectivity index is 3.18. The van der Waals surface area contributed by atoms with Crippen molar-refractivity contribution < 1.29 is 13.9 Å². The molecule has 0 aromatic carbocycles. The van der Waals surface area contributed by atoms with E-state index in [4.69, 9.17) is 5.11 Å². The summed E-state index contributed by atoms with van der Waals surface area (Å²) in [5.74, 6) is -3.18. The number of rotatable bonds is 1. The number of alkyl halides is 2. The van der Waals surface area contributed by atoms with E-state index in [1.54, 1.807) is 6.92 Å². The maximum absolute atomic E-state index is 12.6. The second kappa shape index (κ2) is 2.69. The van der Waals surface area contributed by atoms with Crippen molar-refractivity contribution in [2.75, 3.05) is 0 Å². The third kappa shape index (κ3) is 1.90. The zero-order valence-electron chi connectivity index (χ0n) is 6.81. The van der Waals surface area contributed by atoms with E-state index in [0.717, 1.165) is 13.0 Å². The van der Waals surface area contributed by atoms with E-state index in [-0.39, 0.29) is 5.75 Å². The smallest absolute Gasteiger partial charge is 0.287 e. The lowest BCUT2D eigenvalue weighted by Gasteiger charge is -2.09. The van der Waals surface area contributed by atoms with Gasteiger partial charge >= 0.3 is 0 Å². The van der Waals surface area contributed by atoms with Crippen LogP contribution in [-0.2, 0) is 5.92 Å². The number of aromatic nitrogens is 1. The fourth-order valence-corrected chi connectivity index (χ4v) is 0.875. The van der Waals surface area contributed by atoms with E-state index in [0.29, 0.717) is 5.69 Å². The second-order valence-corrected chi connectivity index (χ2v) is 2.74. The molecule has 0 aliphatic rings. The van der Waals surface area contributed by atoms with Gasteiger partial charge in [0.15, 0.2) is 0 Å². The van der Waals surface area contributed by atoms with E-state index in [9.17, 15) is 8.78 Å². The molecule has 0 bridgehead atoms. The maximum Gasteiger partial charge on any atom is 0.287 e. The van der Waals surface area contributed by atoms with Gasteiger partial charge in [-0.25, -0.2) is 0 Å². The van der Waals surface area contributed by atoms with Crippen LogP contribution in [0.1, 0.15) is 18.3 Å². The molecule has 0 saturated heterocycles. The Bertz CT molecular complexity index is 273. The van der Waals surface area contributed by atoms with Gasteiger partial charge < -0.3 is 5.11 Å². The van der Waals surface area contributed by atoms with E-state index >= 15 is 0 Å². The average Bonchev–Trinajstić information content (AvgIpc) is 1.82. The maximum atomic E-state index is 12.6. The molecule has 0 radical (unpaired) electrons. The molecule has 0 atom stereocenters. The lowest BCUT2D eigenvalue weighted by Crippen LogP contribution is -2.09. The standard InChI is InChI=1S/C8H9F2NO/c1-5-3-6(12)4-7(11-5)8(2,9)10/h3-4H,1-2H3,(H,11,12). The number of hydrogen-bond donors (Lipinski definition) is 1. The van der Waals surface area contributed by atoms with Gasteiger partial charge in [0.2, 0.25) is 0 Å². The molecule has 1 rings (SSSR count). The van der Waals surface area contributed by atoms with Gasteiger partial charge in [-0.2, -0.15) is 8.78 Å². The zero-order valence-corrected chi connectivity index (χ0v) is 6.81. The highest BCUT2D eigenvalue weighted by Crippen LogP contribution is 2.27. The van der Waals surface area contributed by atoms with Crippen molar-refractivity contribution in [3.05, 3.63) is 23.5 Å². The predicted molar refractivity (Wildman–Crippen MR) is 40.2 cm³/mol. The highest BCUT2D eigenvalue weighted by atomic mass is 19.3. The van der Waals surface area contributed by atoms with E-state index < -0.39 is 11.6 Å². The molecule has 4 heteroatoms. The fourth-order valence-electron chi connectivity index (χ4n) is 0.875. The van der Waals surface area contributed by atoms with Crippen molar-refractivity contribution >= 4 is 0 Å². The van der Waals surface area contributed by atoms with Gasteiger partial charge in [0.25, 0.3) is 5.92 Å². The molecule has 1 aromatic heterocycles. The van der Waals surface area contributed by atoms with Gasteiger partial charge in [0, 0.05) is 24.8 Å². The summed E-state index contributed by atoms with van der Waals surface area (Å²) in [6, 6.07) is 2.29. The van der Waals surface area contributed by atoms with Gasteiger partial charge in [-0.05, 0) is 6.92 Å². The van der Waals surface area contributed by atoms with Crippen LogP contribution in [-0.4, -0.2) is 10.1 Å². The molecule has 0 aliphatic heterocycles. The topological polar surface area (TPSA) is 33.1 Å². The van der Waals surface area contributed by atoms with Crippen LogP contribution in [0, 0.1) is 6.92 Å². The van der Waals surface area contributed by atoms with Crippen LogP contribution in [0.25, 0.3) is 0 Å². The van der Waals surface area contributed by atoms with Gasteiger partial charge in [-0.3, -0.25) is 4.98 Å². The van der Waals surface area contributed by atoms with Crippen molar-refractivity contribution in [2.45, 2.75) is 19.8 Å². The number of aryl methyl sites for hydroxylation is 1. The SMILES string of the molecule is Cc1cc(O)cc(C(C)(F)F)n1. The van der Waals surface area contributed by atoms with Crippen molar-refractivity contribution in [3.8, 4) is 5.75 Å². The number of aromatic hydroxyl groups is 1. The monoisotopic (exact) mass is 173 g/mol. The van der Waals surface area contributed by atoms with Crippen LogP contribution in [0.3, 0.4) is 0 Å². The minimum Gasteiger partial charge on any atom is -0.508 e. The lowest BCUT2D eigenvalue weighted by molar-refractivity contribution is 0.0124. The summed E-state index contributed by atoms with van der Waals surface area (Å²) in [5.41, 5.74) is -0.0217. The first-order valence-corrected chi connectivity index (χ1v) is 3.45. The van der Waals surface area contributed by atoms with Crippen LogP contribution in [0.15, 0.2) is 12.1 Å². The highest BCUT2D eigenvalue weighted by Gasteiger charge is 2.26. The van der Waals surface area contributed by atoms with Crippen molar-refractivity contribution in [1.29, 1.82) is 0 Å². The molecule has 1 aromatic rings. The predicted octanol–water partition coefficient (Wildman–Crippen LogP) is 2.21. The summed E-state index contributed by atoms with van der Waals surface area (Å²) in [7, 11) is 0. The molecular formula is C8H9F2NO. The molecule has 0 spiro atoms. The molecule has 0 fully saturated rings. The molecule has 0 amide bonds. The number of pyridine rings is 1. The molecule has 0 unspecified atom stereocenters. The minimum absolute atomic E-state index is 0.181. The van der Waals surface area contributed by atoms with Gasteiger partial charge in [-0.15, -0.1) is 0 Å². The number of nitrogens with zero attached hydrogens (tertiary/aromatic N) is 1. The molecule has 1 N–H and O–H groups in total. The van der Waals surface area contributed by atoms with Gasteiger partial charge in [0.05, 0.1) is 0 Å². The minimum atomic E-state index is -3.00. The van der Waals surface area contributed by atoms with Crippen LogP contribution in [0.4, 0.5) is 8.78 Å².